The molecule has 2 atom stereocenters. The molecule has 1 aromatic heterocycles. The summed E-state index contributed by atoms with van der Waals surface area (Å²) < 4.78 is 10.5. The van der Waals surface area contributed by atoms with E-state index >= 15 is 0 Å². The second-order valence-electron chi connectivity index (χ2n) is 4.69. The lowest BCUT2D eigenvalue weighted by Crippen LogP contribution is -2.05. The Hall–Kier alpha value is -1.72. The molecule has 1 N–H and O–H groups in total. The average Bonchev–Trinajstić information content (AvgIpc) is 2.94. The zero-order valence-corrected chi connectivity index (χ0v) is 11.8. The fraction of sp³-hybridized carbons (Fsp3) is 0.467. The Morgan fingerprint density at radius 2 is 2.05 bits per heavy atom. The second-order valence-corrected chi connectivity index (χ2v) is 4.69. The van der Waals surface area contributed by atoms with Gasteiger partial charge in [0.1, 0.15) is 6.10 Å². The predicted octanol–water partition coefficient (Wildman–Crippen LogP) is 2.83. The molecule has 0 aliphatic rings. The van der Waals surface area contributed by atoms with E-state index in [-0.39, 0.29) is 6.10 Å². The van der Waals surface area contributed by atoms with Gasteiger partial charge in [0.05, 0.1) is 12.5 Å². The summed E-state index contributed by atoms with van der Waals surface area (Å²) in [5, 5.41) is 14.1. The molecular weight excluding hydrogens is 256 g/mol. The number of methoxy groups -OCH3 is 1. The SMILES string of the molecule is CCCC(OC)c1noc(CC(O)c2ccccc2)n1. The number of aromatic nitrogens is 2. The summed E-state index contributed by atoms with van der Waals surface area (Å²) in [6, 6.07) is 9.43. The fourth-order valence-electron chi connectivity index (χ4n) is 2.05. The third-order valence-electron chi connectivity index (χ3n) is 3.16. The van der Waals surface area contributed by atoms with Crippen LogP contribution in [0.2, 0.25) is 0 Å². The Morgan fingerprint density at radius 1 is 1.30 bits per heavy atom. The summed E-state index contributed by atoms with van der Waals surface area (Å²) in [5.74, 6) is 0.971. The zero-order chi connectivity index (χ0) is 14.4. The highest BCUT2D eigenvalue weighted by Crippen LogP contribution is 2.21. The lowest BCUT2D eigenvalue weighted by Gasteiger charge is -2.09. The molecule has 0 saturated heterocycles. The van der Waals surface area contributed by atoms with E-state index in [2.05, 4.69) is 17.1 Å². The maximum atomic E-state index is 10.1. The molecule has 0 radical (unpaired) electrons. The quantitative estimate of drug-likeness (QED) is 0.842. The molecule has 2 unspecified atom stereocenters. The number of hydrogen-bond donors (Lipinski definition) is 1. The molecule has 0 aliphatic heterocycles. The molecule has 108 valence electrons. The van der Waals surface area contributed by atoms with Crippen LogP contribution in [0, 0.1) is 0 Å². The minimum atomic E-state index is -0.642. The topological polar surface area (TPSA) is 68.4 Å². The van der Waals surface area contributed by atoms with Crippen LogP contribution in [0.3, 0.4) is 0 Å². The predicted molar refractivity (Wildman–Crippen MR) is 74.1 cm³/mol. The summed E-state index contributed by atoms with van der Waals surface area (Å²) in [6.45, 7) is 2.08. The van der Waals surface area contributed by atoms with Crippen LogP contribution in [-0.4, -0.2) is 22.4 Å². The van der Waals surface area contributed by atoms with Crippen LogP contribution in [0.15, 0.2) is 34.9 Å². The Kier molecular flexibility index (Phi) is 5.26. The van der Waals surface area contributed by atoms with Gasteiger partial charge in [0, 0.05) is 7.11 Å². The first-order valence-corrected chi connectivity index (χ1v) is 6.82. The molecule has 2 aromatic rings. The number of hydrogen-bond acceptors (Lipinski definition) is 5. The van der Waals surface area contributed by atoms with Gasteiger partial charge in [0.25, 0.3) is 0 Å². The van der Waals surface area contributed by atoms with Crippen molar-refractivity contribution in [3.8, 4) is 0 Å². The largest absolute Gasteiger partial charge is 0.388 e. The van der Waals surface area contributed by atoms with Crippen LogP contribution in [0.5, 0.6) is 0 Å². The van der Waals surface area contributed by atoms with E-state index in [1.54, 1.807) is 7.11 Å². The molecule has 0 saturated carbocycles. The van der Waals surface area contributed by atoms with E-state index in [1.165, 1.54) is 0 Å². The van der Waals surface area contributed by atoms with Gasteiger partial charge >= 0.3 is 0 Å². The van der Waals surface area contributed by atoms with E-state index in [0.29, 0.717) is 18.1 Å². The Bertz CT molecular complexity index is 513. The molecule has 1 aromatic carbocycles. The number of benzene rings is 1. The molecule has 1 heterocycles. The highest BCUT2D eigenvalue weighted by atomic mass is 16.5. The van der Waals surface area contributed by atoms with Gasteiger partial charge in [-0.15, -0.1) is 0 Å². The number of nitrogens with zero attached hydrogens (tertiary/aromatic N) is 2. The summed E-state index contributed by atoms with van der Waals surface area (Å²) in [5.41, 5.74) is 0.837. The molecule has 20 heavy (non-hydrogen) atoms. The van der Waals surface area contributed by atoms with Crippen LogP contribution < -0.4 is 0 Å². The zero-order valence-electron chi connectivity index (χ0n) is 11.8. The number of aliphatic hydroxyl groups excluding tert-OH is 1. The van der Waals surface area contributed by atoms with Gasteiger partial charge in [0.15, 0.2) is 0 Å². The molecule has 5 heteroatoms. The van der Waals surface area contributed by atoms with Crippen molar-refractivity contribution in [1.29, 1.82) is 0 Å². The van der Waals surface area contributed by atoms with Crippen LogP contribution in [0.4, 0.5) is 0 Å². The van der Waals surface area contributed by atoms with E-state index in [4.69, 9.17) is 9.26 Å². The van der Waals surface area contributed by atoms with Crippen molar-refractivity contribution in [2.75, 3.05) is 7.11 Å². The maximum absolute atomic E-state index is 10.1. The Labute approximate surface area is 118 Å². The molecule has 0 spiro atoms. The van der Waals surface area contributed by atoms with E-state index in [9.17, 15) is 5.11 Å². The average molecular weight is 276 g/mol. The molecule has 2 rings (SSSR count). The molecular formula is C15H20N2O3. The first-order valence-electron chi connectivity index (χ1n) is 6.82. The molecule has 0 fully saturated rings. The fourth-order valence-corrected chi connectivity index (χ4v) is 2.05. The van der Waals surface area contributed by atoms with Gasteiger partial charge in [-0.3, -0.25) is 0 Å². The van der Waals surface area contributed by atoms with Crippen molar-refractivity contribution in [2.24, 2.45) is 0 Å². The van der Waals surface area contributed by atoms with Crippen molar-refractivity contribution in [2.45, 2.75) is 38.4 Å². The first kappa shape index (κ1) is 14.7. The molecule has 5 nitrogen and oxygen atoms in total. The van der Waals surface area contributed by atoms with Crippen LogP contribution in [-0.2, 0) is 11.2 Å². The van der Waals surface area contributed by atoms with Crippen molar-refractivity contribution in [3.63, 3.8) is 0 Å². The van der Waals surface area contributed by atoms with Crippen LogP contribution in [0.25, 0.3) is 0 Å². The summed E-state index contributed by atoms with van der Waals surface area (Å²) >= 11 is 0. The molecule has 0 aliphatic carbocycles. The smallest absolute Gasteiger partial charge is 0.229 e. The third kappa shape index (κ3) is 3.65. The number of rotatable bonds is 7. The van der Waals surface area contributed by atoms with Gasteiger partial charge in [0.2, 0.25) is 11.7 Å². The minimum Gasteiger partial charge on any atom is -0.388 e. The summed E-state index contributed by atoms with van der Waals surface area (Å²) in [4.78, 5) is 4.30. The van der Waals surface area contributed by atoms with Crippen LogP contribution >= 0.6 is 0 Å². The highest BCUT2D eigenvalue weighted by Gasteiger charge is 2.19. The Balaban J connectivity index is 2.02. The van der Waals surface area contributed by atoms with Gasteiger partial charge in [-0.25, -0.2) is 0 Å². The molecule has 0 amide bonds. The van der Waals surface area contributed by atoms with Gasteiger partial charge < -0.3 is 14.4 Å². The van der Waals surface area contributed by atoms with Gasteiger partial charge in [-0.2, -0.15) is 4.98 Å². The Morgan fingerprint density at radius 3 is 2.70 bits per heavy atom. The van der Waals surface area contributed by atoms with Crippen molar-refractivity contribution >= 4 is 0 Å². The molecule has 0 bridgehead atoms. The highest BCUT2D eigenvalue weighted by molar-refractivity contribution is 5.18. The van der Waals surface area contributed by atoms with Crippen molar-refractivity contribution < 1.29 is 14.4 Å². The van der Waals surface area contributed by atoms with Crippen molar-refractivity contribution in [3.05, 3.63) is 47.6 Å². The number of aliphatic hydroxyl groups is 1. The monoisotopic (exact) mass is 276 g/mol. The minimum absolute atomic E-state index is 0.147. The first-order chi connectivity index (χ1) is 9.74. The van der Waals surface area contributed by atoms with E-state index < -0.39 is 6.10 Å². The van der Waals surface area contributed by atoms with Gasteiger partial charge in [-0.1, -0.05) is 48.8 Å². The van der Waals surface area contributed by atoms with Gasteiger partial charge in [-0.05, 0) is 12.0 Å². The van der Waals surface area contributed by atoms with E-state index in [1.807, 2.05) is 30.3 Å². The van der Waals surface area contributed by atoms with Crippen molar-refractivity contribution in [1.82, 2.24) is 10.1 Å². The third-order valence-corrected chi connectivity index (χ3v) is 3.16. The van der Waals surface area contributed by atoms with E-state index in [0.717, 1.165) is 18.4 Å². The standard InChI is InChI=1S/C15H20N2O3/c1-3-7-13(19-2)15-16-14(20-17-15)10-12(18)11-8-5-4-6-9-11/h4-6,8-9,12-13,18H,3,7,10H2,1-2H3. The second kappa shape index (κ2) is 7.17. The summed E-state index contributed by atoms with van der Waals surface area (Å²) in [6.07, 6.45) is 1.34. The maximum Gasteiger partial charge on any atom is 0.229 e. The number of ether oxygens (including phenoxy) is 1. The normalized spacial score (nSPS) is 14.2. The lowest BCUT2D eigenvalue weighted by molar-refractivity contribution is 0.0854. The lowest BCUT2D eigenvalue weighted by atomic mass is 10.1. The van der Waals surface area contributed by atoms with Crippen LogP contribution in [0.1, 0.15) is 49.3 Å². The summed E-state index contributed by atoms with van der Waals surface area (Å²) in [7, 11) is 1.63.